The molecule has 2 fully saturated rings. The van der Waals surface area contributed by atoms with E-state index >= 15 is 0 Å². The Bertz CT molecular complexity index is 435. The van der Waals surface area contributed by atoms with Crippen molar-refractivity contribution in [1.29, 1.82) is 0 Å². The SMILES string of the molecule is Cl.Cl.O[C@@H]1[C@H](NCc2ccccc2)[C@@H]2CCCCN2C[C@H]1O. The molecule has 0 aromatic heterocycles. The number of benzene rings is 1. The monoisotopic (exact) mass is 348 g/mol. The molecule has 22 heavy (non-hydrogen) atoms. The lowest BCUT2D eigenvalue weighted by Crippen LogP contribution is -2.66. The lowest BCUT2D eigenvalue weighted by Gasteiger charge is -2.48. The number of aliphatic hydroxyl groups excluding tert-OH is 2. The Hall–Kier alpha value is -0.360. The van der Waals surface area contributed by atoms with Gasteiger partial charge in [-0.1, -0.05) is 36.8 Å². The van der Waals surface area contributed by atoms with Gasteiger partial charge in [-0.05, 0) is 24.9 Å². The molecular formula is C16H26Cl2N2O2. The highest BCUT2D eigenvalue weighted by atomic mass is 35.5. The van der Waals surface area contributed by atoms with E-state index in [2.05, 4.69) is 22.3 Å². The average Bonchev–Trinajstić information content (AvgIpc) is 2.49. The number of aliphatic hydroxyl groups is 2. The van der Waals surface area contributed by atoms with Crippen LogP contribution in [0.4, 0.5) is 0 Å². The number of fused-ring (bicyclic) bond motifs is 1. The number of halogens is 2. The Kier molecular flexibility index (Phi) is 8.11. The van der Waals surface area contributed by atoms with Gasteiger partial charge in [0.2, 0.25) is 0 Å². The van der Waals surface area contributed by atoms with Crippen LogP contribution in [0.1, 0.15) is 24.8 Å². The summed E-state index contributed by atoms with van der Waals surface area (Å²) in [4.78, 5) is 2.34. The third-order valence-electron chi connectivity index (χ3n) is 4.65. The first kappa shape index (κ1) is 19.7. The zero-order valence-corrected chi connectivity index (χ0v) is 14.2. The third-order valence-corrected chi connectivity index (χ3v) is 4.65. The van der Waals surface area contributed by atoms with Crippen molar-refractivity contribution in [2.24, 2.45) is 0 Å². The molecule has 0 bridgehead atoms. The van der Waals surface area contributed by atoms with Gasteiger partial charge in [-0.25, -0.2) is 0 Å². The first-order valence-corrected chi connectivity index (χ1v) is 7.63. The number of nitrogens with one attached hydrogen (secondary N) is 1. The lowest BCUT2D eigenvalue weighted by atomic mass is 9.85. The summed E-state index contributed by atoms with van der Waals surface area (Å²) in [5, 5.41) is 23.8. The maximum Gasteiger partial charge on any atom is 0.0979 e. The van der Waals surface area contributed by atoms with Gasteiger partial charge in [-0.2, -0.15) is 0 Å². The minimum atomic E-state index is -0.668. The molecule has 6 heteroatoms. The van der Waals surface area contributed by atoms with E-state index < -0.39 is 12.2 Å². The summed E-state index contributed by atoms with van der Waals surface area (Å²) < 4.78 is 0. The summed E-state index contributed by atoms with van der Waals surface area (Å²) in [6.45, 7) is 2.38. The number of rotatable bonds is 3. The van der Waals surface area contributed by atoms with Gasteiger partial charge in [0.05, 0.1) is 18.2 Å². The van der Waals surface area contributed by atoms with Crippen molar-refractivity contribution >= 4 is 24.8 Å². The van der Waals surface area contributed by atoms with Crippen LogP contribution in [0.3, 0.4) is 0 Å². The molecule has 2 heterocycles. The molecule has 4 atom stereocenters. The van der Waals surface area contributed by atoms with Crippen LogP contribution in [-0.4, -0.2) is 52.5 Å². The molecular weight excluding hydrogens is 323 g/mol. The van der Waals surface area contributed by atoms with E-state index in [1.807, 2.05) is 18.2 Å². The quantitative estimate of drug-likeness (QED) is 0.776. The summed E-state index contributed by atoms with van der Waals surface area (Å²) in [5.41, 5.74) is 1.21. The molecule has 126 valence electrons. The second-order valence-corrected chi connectivity index (χ2v) is 6.01. The highest BCUT2D eigenvalue weighted by Crippen LogP contribution is 2.27. The molecule has 0 spiro atoms. The molecule has 2 saturated heterocycles. The van der Waals surface area contributed by atoms with Crippen molar-refractivity contribution in [3.8, 4) is 0 Å². The Labute approximate surface area is 144 Å². The van der Waals surface area contributed by atoms with Crippen LogP contribution >= 0.6 is 24.8 Å². The molecule has 2 aliphatic heterocycles. The van der Waals surface area contributed by atoms with E-state index in [1.165, 1.54) is 18.4 Å². The van der Waals surface area contributed by atoms with Crippen molar-refractivity contribution in [1.82, 2.24) is 10.2 Å². The third kappa shape index (κ3) is 4.34. The van der Waals surface area contributed by atoms with E-state index in [4.69, 9.17) is 0 Å². The topological polar surface area (TPSA) is 55.7 Å². The Morgan fingerprint density at radius 1 is 1.09 bits per heavy atom. The van der Waals surface area contributed by atoms with Crippen LogP contribution in [0, 0.1) is 0 Å². The van der Waals surface area contributed by atoms with Gasteiger partial charge in [-0.15, -0.1) is 24.8 Å². The van der Waals surface area contributed by atoms with E-state index in [1.54, 1.807) is 0 Å². The molecule has 1 aromatic rings. The summed E-state index contributed by atoms with van der Waals surface area (Å²) in [5.74, 6) is 0. The van der Waals surface area contributed by atoms with Crippen molar-refractivity contribution < 1.29 is 10.2 Å². The van der Waals surface area contributed by atoms with Gasteiger partial charge in [0.15, 0.2) is 0 Å². The standard InChI is InChI=1S/C16H24N2O2.2ClH/c19-14-11-18-9-5-4-8-13(18)15(16(14)20)17-10-12-6-2-1-3-7-12;;/h1-3,6-7,13-17,19-20H,4-5,8-11H2;2*1H/t13-,14+,15+,16-;;/m0../s1. The minimum Gasteiger partial charge on any atom is -0.389 e. The number of piperidine rings is 2. The van der Waals surface area contributed by atoms with Crippen LogP contribution < -0.4 is 5.32 Å². The van der Waals surface area contributed by atoms with Crippen molar-refractivity contribution in [2.75, 3.05) is 13.1 Å². The molecule has 4 nitrogen and oxygen atoms in total. The van der Waals surface area contributed by atoms with Crippen LogP contribution in [0.25, 0.3) is 0 Å². The first-order chi connectivity index (χ1) is 9.75. The van der Waals surface area contributed by atoms with E-state index in [0.29, 0.717) is 12.6 Å². The van der Waals surface area contributed by atoms with Gasteiger partial charge in [0.25, 0.3) is 0 Å². The number of hydrogen-bond acceptors (Lipinski definition) is 4. The van der Waals surface area contributed by atoms with E-state index in [-0.39, 0.29) is 30.9 Å². The van der Waals surface area contributed by atoms with Gasteiger partial charge in [0.1, 0.15) is 0 Å². The zero-order valence-electron chi connectivity index (χ0n) is 12.6. The zero-order chi connectivity index (χ0) is 13.9. The first-order valence-electron chi connectivity index (χ1n) is 7.63. The molecule has 2 aliphatic rings. The van der Waals surface area contributed by atoms with Crippen LogP contribution in [0.2, 0.25) is 0 Å². The van der Waals surface area contributed by atoms with Gasteiger partial charge < -0.3 is 15.5 Å². The average molecular weight is 349 g/mol. The molecule has 3 rings (SSSR count). The maximum absolute atomic E-state index is 10.3. The molecule has 0 unspecified atom stereocenters. The second-order valence-electron chi connectivity index (χ2n) is 6.01. The molecule has 0 radical (unpaired) electrons. The Morgan fingerprint density at radius 2 is 1.82 bits per heavy atom. The van der Waals surface area contributed by atoms with Crippen LogP contribution in [0.15, 0.2) is 30.3 Å². The highest BCUT2D eigenvalue weighted by Gasteiger charge is 2.42. The lowest BCUT2D eigenvalue weighted by molar-refractivity contribution is -0.0921. The largest absolute Gasteiger partial charge is 0.389 e. The fraction of sp³-hybridized carbons (Fsp3) is 0.625. The molecule has 1 aromatic carbocycles. The summed E-state index contributed by atoms with van der Waals surface area (Å²) in [6.07, 6.45) is 2.21. The Morgan fingerprint density at radius 3 is 2.55 bits per heavy atom. The predicted octanol–water partition coefficient (Wildman–Crippen LogP) is 1.58. The molecule has 0 saturated carbocycles. The fourth-order valence-corrected chi connectivity index (χ4v) is 3.55. The van der Waals surface area contributed by atoms with Gasteiger partial charge in [-0.3, -0.25) is 4.90 Å². The number of hydrogen-bond donors (Lipinski definition) is 3. The summed E-state index contributed by atoms with van der Waals surface area (Å²) in [6, 6.07) is 10.5. The second kappa shape index (κ2) is 9.06. The summed E-state index contributed by atoms with van der Waals surface area (Å²) >= 11 is 0. The maximum atomic E-state index is 10.3. The van der Waals surface area contributed by atoms with Crippen molar-refractivity contribution in [2.45, 2.75) is 50.1 Å². The van der Waals surface area contributed by atoms with Crippen LogP contribution in [0.5, 0.6) is 0 Å². The molecule has 3 N–H and O–H groups in total. The Balaban J connectivity index is 0.00000121. The van der Waals surface area contributed by atoms with E-state index in [9.17, 15) is 10.2 Å². The highest BCUT2D eigenvalue weighted by molar-refractivity contribution is 5.85. The fourth-order valence-electron chi connectivity index (χ4n) is 3.55. The van der Waals surface area contributed by atoms with Crippen molar-refractivity contribution in [3.63, 3.8) is 0 Å². The van der Waals surface area contributed by atoms with Crippen molar-refractivity contribution in [3.05, 3.63) is 35.9 Å². The van der Waals surface area contributed by atoms with Crippen LogP contribution in [-0.2, 0) is 6.54 Å². The summed E-state index contributed by atoms with van der Waals surface area (Å²) in [7, 11) is 0. The van der Waals surface area contributed by atoms with Gasteiger partial charge >= 0.3 is 0 Å². The molecule has 0 aliphatic carbocycles. The van der Waals surface area contributed by atoms with Gasteiger partial charge in [0, 0.05) is 19.1 Å². The smallest absolute Gasteiger partial charge is 0.0979 e. The normalized spacial score (nSPS) is 31.5. The van der Waals surface area contributed by atoms with E-state index in [0.717, 1.165) is 19.5 Å². The predicted molar refractivity (Wildman–Crippen MR) is 92.8 cm³/mol. The number of nitrogens with zero attached hydrogens (tertiary/aromatic N) is 1. The minimum absolute atomic E-state index is 0. The molecule has 0 amide bonds.